The molecule has 30 heavy (non-hydrogen) atoms. The van der Waals surface area contributed by atoms with Gasteiger partial charge in [0.2, 0.25) is 20.0 Å². The number of rotatable bonds is 12. The van der Waals surface area contributed by atoms with Gasteiger partial charge in [0, 0.05) is 24.5 Å². The zero-order chi connectivity index (χ0) is 22.2. The third kappa shape index (κ3) is 9.02. The first kappa shape index (κ1) is 24.0. The summed E-state index contributed by atoms with van der Waals surface area (Å²) in [4.78, 5) is 2.15. The number of benzene rings is 2. The smallest absolute Gasteiger partial charge is 0.232 e. The minimum Gasteiger partial charge on any atom is -0.492 e. The Bertz CT molecular complexity index is 1010. The summed E-state index contributed by atoms with van der Waals surface area (Å²) >= 11 is 0. The number of likely N-dealkylation sites (N-methyl/N-ethyl adjacent to an activating group) is 1. The lowest BCUT2D eigenvalue weighted by molar-refractivity contribution is 0.239. The SMILES string of the molecule is CCS(=O)(=O)Nc1ccc(OCCN(C)CCc2ccc(NS(C)(=O)=O)cc2)cc1. The first-order valence-electron chi connectivity index (χ1n) is 9.55. The molecule has 0 amide bonds. The van der Waals surface area contributed by atoms with Crippen molar-refractivity contribution in [1.82, 2.24) is 4.90 Å². The lowest BCUT2D eigenvalue weighted by Crippen LogP contribution is -2.26. The number of nitrogens with zero attached hydrogens (tertiary/aromatic N) is 1. The van der Waals surface area contributed by atoms with Crippen LogP contribution in [0.2, 0.25) is 0 Å². The normalized spacial score (nSPS) is 12.0. The molecule has 166 valence electrons. The molecule has 0 atom stereocenters. The average molecular weight is 456 g/mol. The monoisotopic (exact) mass is 455 g/mol. The molecule has 2 N–H and O–H groups in total. The highest BCUT2D eigenvalue weighted by atomic mass is 32.2. The van der Waals surface area contributed by atoms with Gasteiger partial charge >= 0.3 is 0 Å². The van der Waals surface area contributed by atoms with Crippen LogP contribution < -0.4 is 14.2 Å². The maximum Gasteiger partial charge on any atom is 0.232 e. The molecule has 0 radical (unpaired) electrons. The molecule has 0 aliphatic heterocycles. The lowest BCUT2D eigenvalue weighted by Gasteiger charge is -2.17. The van der Waals surface area contributed by atoms with Crippen LogP contribution in [0.4, 0.5) is 11.4 Å². The van der Waals surface area contributed by atoms with Crippen LogP contribution in [0.15, 0.2) is 48.5 Å². The number of ether oxygens (including phenoxy) is 1. The molecule has 2 aromatic carbocycles. The summed E-state index contributed by atoms with van der Waals surface area (Å²) < 4.78 is 56.2. The minimum atomic E-state index is -3.28. The highest BCUT2D eigenvalue weighted by Crippen LogP contribution is 2.17. The Kier molecular flexibility index (Phi) is 8.51. The molecule has 0 saturated carbocycles. The van der Waals surface area contributed by atoms with E-state index in [4.69, 9.17) is 4.74 Å². The quantitative estimate of drug-likeness (QED) is 0.509. The lowest BCUT2D eigenvalue weighted by atomic mass is 10.1. The third-order valence-electron chi connectivity index (χ3n) is 4.29. The van der Waals surface area contributed by atoms with E-state index >= 15 is 0 Å². The minimum absolute atomic E-state index is 0.0271. The Morgan fingerprint density at radius 3 is 2.00 bits per heavy atom. The Balaban J connectivity index is 1.71. The van der Waals surface area contributed by atoms with E-state index in [1.54, 1.807) is 43.3 Å². The fourth-order valence-electron chi connectivity index (χ4n) is 2.58. The second-order valence-corrected chi connectivity index (χ2v) is 10.8. The highest BCUT2D eigenvalue weighted by molar-refractivity contribution is 7.92. The summed E-state index contributed by atoms with van der Waals surface area (Å²) in [5, 5.41) is 0. The molecule has 0 aliphatic carbocycles. The number of nitrogens with one attached hydrogen (secondary N) is 2. The first-order valence-corrected chi connectivity index (χ1v) is 13.1. The summed E-state index contributed by atoms with van der Waals surface area (Å²) in [7, 11) is -4.54. The predicted molar refractivity (Wildman–Crippen MR) is 121 cm³/mol. The van der Waals surface area contributed by atoms with E-state index in [0.29, 0.717) is 23.7 Å². The fourth-order valence-corrected chi connectivity index (χ4v) is 3.78. The number of sulfonamides is 2. The van der Waals surface area contributed by atoms with Crippen LogP contribution >= 0.6 is 0 Å². The van der Waals surface area contributed by atoms with Gasteiger partial charge in [-0.05, 0) is 62.4 Å². The Labute approximate surface area is 179 Å². The molecular weight excluding hydrogens is 426 g/mol. The molecule has 10 heteroatoms. The molecule has 0 heterocycles. The van der Waals surface area contributed by atoms with E-state index in [1.807, 2.05) is 19.2 Å². The molecule has 0 spiro atoms. The second kappa shape index (κ2) is 10.6. The topological polar surface area (TPSA) is 105 Å². The Morgan fingerprint density at radius 2 is 1.43 bits per heavy atom. The molecule has 0 fully saturated rings. The van der Waals surface area contributed by atoms with E-state index in [2.05, 4.69) is 14.3 Å². The van der Waals surface area contributed by atoms with E-state index in [-0.39, 0.29) is 5.75 Å². The van der Waals surface area contributed by atoms with Crippen LogP contribution in [0.1, 0.15) is 12.5 Å². The summed E-state index contributed by atoms with van der Waals surface area (Å²) in [6, 6.07) is 14.1. The van der Waals surface area contributed by atoms with E-state index in [0.717, 1.165) is 31.3 Å². The maximum atomic E-state index is 11.6. The van der Waals surface area contributed by atoms with E-state index in [9.17, 15) is 16.8 Å². The van der Waals surface area contributed by atoms with Gasteiger partial charge in [-0.1, -0.05) is 12.1 Å². The summed E-state index contributed by atoms with van der Waals surface area (Å²) in [6.07, 6.45) is 1.96. The fraction of sp³-hybridized carbons (Fsp3) is 0.400. The number of hydrogen-bond donors (Lipinski definition) is 2. The van der Waals surface area contributed by atoms with E-state index in [1.165, 1.54) is 0 Å². The van der Waals surface area contributed by atoms with Crippen molar-refractivity contribution >= 4 is 31.4 Å². The Hall–Kier alpha value is -2.30. The van der Waals surface area contributed by atoms with E-state index < -0.39 is 20.0 Å². The molecule has 0 aromatic heterocycles. The van der Waals surface area contributed by atoms with Crippen LogP contribution in [0.3, 0.4) is 0 Å². The standard InChI is InChI=1S/C20H29N3O5S2/c1-4-30(26,27)22-19-9-11-20(12-10-19)28-16-15-23(2)14-13-17-5-7-18(8-6-17)21-29(3,24)25/h5-12,21-22H,4,13-16H2,1-3H3. The van der Waals surface area contributed by atoms with Crippen molar-refractivity contribution in [2.24, 2.45) is 0 Å². The van der Waals surface area contributed by atoms with Gasteiger partial charge in [-0.25, -0.2) is 16.8 Å². The van der Waals surface area contributed by atoms with Crippen molar-refractivity contribution in [1.29, 1.82) is 0 Å². The van der Waals surface area contributed by atoms with Crippen molar-refractivity contribution < 1.29 is 21.6 Å². The van der Waals surface area contributed by atoms with Crippen LogP contribution in [-0.4, -0.2) is 60.5 Å². The van der Waals surface area contributed by atoms with Gasteiger partial charge in [-0.15, -0.1) is 0 Å². The molecule has 2 rings (SSSR count). The third-order valence-corrected chi connectivity index (χ3v) is 6.20. The average Bonchev–Trinajstić information content (AvgIpc) is 2.67. The van der Waals surface area contributed by atoms with Gasteiger partial charge in [0.25, 0.3) is 0 Å². The van der Waals surface area contributed by atoms with Crippen molar-refractivity contribution in [2.45, 2.75) is 13.3 Å². The molecule has 8 nitrogen and oxygen atoms in total. The molecule has 0 unspecified atom stereocenters. The highest BCUT2D eigenvalue weighted by Gasteiger charge is 2.07. The zero-order valence-electron chi connectivity index (χ0n) is 17.5. The van der Waals surface area contributed by atoms with Crippen molar-refractivity contribution in [2.75, 3.05) is 48.2 Å². The first-order chi connectivity index (χ1) is 14.1. The number of hydrogen-bond acceptors (Lipinski definition) is 6. The van der Waals surface area contributed by atoms with Gasteiger partial charge in [0.05, 0.1) is 12.0 Å². The summed E-state index contributed by atoms with van der Waals surface area (Å²) in [5.41, 5.74) is 2.18. The van der Waals surface area contributed by atoms with Gasteiger partial charge in [-0.2, -0.15) is 0 Å². The predicted octanol–water partition coefficient (Wildman–Crippen LogP) is 2.37. The molecule has 2 aromatic rings. The molecular formula is C20H29N3O5S2. The number of anilines is 2. The molecule has 0 saturated heterocycles. The summed E-state index contributed by atoms with van der Waals surface area (Å²) in [5.74, 6) is 0.705. The van der Waals surface area contributed by atoms with Crippen LogP contribution in [0, 0.1) is 0 Å². The van der Waals surface area contributed by atoms with Gasteiger partial charge in [0.15, 0.2) is 0 Å². The van der Waals surface area contributed by atoms with Gasteiger partial charge in [-0.3, -0.25) is 9.44 Å². The maximum absolute atomic E-state index is 11.6. The van der Waals surface area contributed by atoms with Crippen LogP contribution in [-0.2, 0) is 26.5 Å². The zero-order valence-corrected chi connectivity index (χ0v) is 19.1. The van der Waals surface area contributed by atoms with Crippen LogP contribution in [0.25, 0.3) is 0 Å². The Morgan fingerprint density at radius 1 is 0.867 bits per heavy atom. The van der Waals surface area contributed by atoms with Crippen LogP contribution in [0.5, 0.6) is 5.75 Å². The van der Waals surface area contributed by atoms with Gasteiger partial charge in [0.1, 0.15) is 12.4 Å². The van der Waals surface area contributed by atoms with Crippen molar-refractivity contribution in [3.63, 3.8) is 0 Å². The van der Waals surface area contributed by atoms with Crippen molar-refractivity contribution in [3.8, 4) is 5.75 Å². The molecule has 0 aliphatic rings. The summed E-state index contributed by atoms with van der Waals surface area (Å²) in [6.45, 7) is 3.66. The van der Waals surface area contributed by atoms with Gasteiger partial charge < -0.3 is 9.64 Å². The second-order valence-electron chi connectivity index (χ2n) is 7.00. The largest absolute Gasteiger partial charge is 0.492 e. The molecule has 0 bridgehead atoms. The van der Waals surface area contributed by atoms with Crippen molar-refractivity contribution in [3.05, 3.63) is 54.1 Å².